The Morgan fingerprint density at radius 1 is 1.23 bits per heavy atom. The summed E-state index contributed by atoms with van der Waals surface area (Å²) in [5, 5.41) is 2.76. The number of nitrogens with one attached hydrogen (secondary N) is 1. The lowest BCUT2D eigenvalue weighted by molar-refractivity contribution is -0.119. The van der Waals surface area contributed by atoms with Crippen molar-refractivity contribution in [3.05, 3.63) is 30.3 Å². The van der Waals surface area contributed by atoms with Crippen LogP contribution in [0.15, 0.2) is 35.2 Å². The number of benzene rings is 1. The minimum absolute atomic E-state index is 0. The Bertz CT molecular complexity index is 572. The summed E-state index contributed by atoms with van der Waals surface area (Å²) in [6, 6.07) is 8.47. The number of nitrogens with two attached hydrogens (primary N) is 1. The van der Waals surface area contributed by atoms with Gasteiger partial charge in [-0.15, -0.1) is 12.4 Å². The third-order valence-corrected chi connectivity index (χ3v) is 5.64. The molecule has 1 aliphatic heterocycles. The quantitative estimate of drug-likeness (QED) is 0.815. The van der Waals surface area contributed by atoms with E-state index in [2.05, 4.69) is 5.32 Å². The van der Waals surface area contributed by atoms with Crippen LogP contribution < -0.4 is 11.1 Å². The van der Waals surface area contributed by atoms with Crippen molar-refractivity contribution in [1.82, 2.24) is 9.62 Å². The van der Waals surface area contributed by atoms with Crippen LogP contribution in [-0.2, 0) is 14.8 Å². The number of halogens is 1. The smallest absolute Gasteiger partial charge is 0.243 e. The molecule has 1 heterocycles. The summed E-state index contributed by atoms with van der Waals surface area (Å²) in [4.78, 5) is 11.5. The largest absolute Gasteiger partial charge is 0.355 e. The fraction of sp³-hybridized carbons (Fsp3) is 0.500. The summed E-state index contributed by atoms with van der Waals surface area (Å²) in [5.74, 6) is 0.136. The first-order valence-corrected chi connectivity index (χ1v) is 8.50. The minimum atomic E-state index is -3.40. The second kappa shape index (κ2) is 8.47. The van der Waals surface area contributed by atoms with Gasteiger partial charge in [-0.3, -0.25) is 4.79 Å². The molecule has 0 atom stereocenters. The Balaban J connectivity index is 0.00000242. The van der Waals surface area contributed by atoms with Crippen molar-refractivity contribution in [1.29, 1.82) is 0 Å². The molecule has 0 radical (unpaired) electrons. The number of amides is 1. The molecule has 8 heteroatoms. The molecule has 1 aromatic carbocycles. The normalized spacial score (nSPS) is 16.8. The van der Waals surface area contributed by atoms with Crippen LogP contribution in [0.25, 0.3) is 0 Å². The lowest BCUT2D eigenvalue weighted by Gasteiger charge is -2.31. The lowest BCUT2D eigenvalue weighted by atomic mass is 9.98. The van der Waals surface area contributed by atoms with E-state index in [-0.39, 0.29) is 24.9 Å². The number of carbonyl (C=O) groups excluding carboxylic acids is 1. The average Bonchev–Trinajstić information content (AvgIpc) is 2.53. The van der Waals surface area contributed by atoms with Gasteiger partial charge in [-0.2, -0.15) is 4.31 Å². The first-order valence-electron chi connectivity index (χ1n) is 7.06. The number of piperidine rings is 1. The van der Waals surface area contributed by atoms with Gasteiger partial charge in [0, 0.05) is 19.6 Å². The van der Waals surface area contributed by atoms with E-state index in [9.17, 15) is 13.2 Å². The summed E-state index contributed by atoms with van der Waals surface area (Å²) in [6.07, 6.45) is 1.49. The van der Waals surface area contributed by atoms with Crippen molar-refractivity contribution >= 4 is 28.3 Å². The van der Waals surface area contributed by atoms with Gasteiger partial charge in [-0.05, 0) is 30.9 Å². The molecule has 1 aliphatic rings. The van der Waals surface area contributed by atoms with E-state index in [1.807, 2.05) is 0 Å². The molecule has 0 saturated carbocycles. The Hall–Kier alpha value is -1.15. The summed E-state index contributed by atoms with van der Waals surface area (Å²) < 4.78 is 26.4. The van der Waals surface area contributed by atoms with Gasteiger partial charge < -0.3 is 11.1 Å². The highest BCUT2D eigenvalue weighted by Crippen LogP contribution is 2.23. The minimum Gasteiger partial charge on any atom is -0.355 e. The molecule has 1 saturated heterocycles. The van der Waals surface area contributed by atoms with Gasteiger partial charge in [-0.25, -0.2) is 8.42 Å². The molecule has 0 aliphatic carbocycles. The maximum Gasteiger partial charge on any atom is 0.243 e. The van der Waals surface area contributed by atoms with E-state index in [4.69, 9.17) is 5.73 Å². The van der Waals surface area contributed by atoms with Crippen LogP contribution in [-0.4, -0.2) is 44.8 Å². The highest BCUT2D eigenvalue weighted by molar-refractivity contribution is 7.89. The van der Waals surface area contributed by atoms with E-state index < -0.39 is 10.0 Å². The molecule has 1 fully saturated rings. The monoisotopic (exact) mass is 347 g/mol. The Morgan fingerprint density at radius 2 is 1.82 bits per heavy atom. The van der Waals surface area contributed by atoms with Crippen LogP contribution >= 0.6 is 12.4 Å². The van der Waals surface area contributed by atoms with E-state index in [0.717, 1.165) is 12.8 Å². The van der Waals surface area contributed by atoms with Crippen LogP contribution in [0.4, 0.5) is 0 Å². The van der Waals surface area contributed by atoms with Gasteiger partial charge in [0.2, 0.25) is 15.9 Å². The third kappa shape index (κ3) is 4.67. The van der Waals surface area contributed by atoms with E-state index in [1.165, 1.54) is 4.31 Å². The molecule has 1 aromatic rings. The van der Waals surface area contributed by atoms with Gasteiger partial charge in [-0.1, -0.05) is 18.2 Å². The predicted octanol–water partition coefficient (Wildman–Crippen LogP) is 0.584. The van der Waals surface area contributed by atoms with Crippen LogP contribution in [0, 0.1) is 5.92 Å². The van der Waals surface area contributed by atoms with Crippen LogP contribution in [0.3, 0.4) is 0 Å². The van der Waals surface area contributed by atoms with E-state index in [1.54, 1.807) is 30.3 Å². The fourth-order valence-electron chi connectivity index (χ4n) is 2.43. The number of nitrogens with zero attached hydrogens (tertiary/aromatic N) is 1. The number of sulfonamides is 1. The molecule has 0 aromatic heterocycles. The molecule has 0 bridgehead atoms. The summed E-state index contributed by atoms with van der Waals surface area (Å²) in [7, 11) is -3.40. The zero-order valence-corrected chi connectivity index (χ0v) is 13.9. The third-order valence-electron chi connectivity index (χ3n) is 3.73. The van der Waals surface area contributed by atoms with Gasteiger partial charge >= 0.3 is 0 Å². The molecule has 0 spiro atoms. The maximum absolute atomic E-state index is 12.4. The molecule has 1 amide bonds. The Morgan fingerprint density at radius 3 is 2.36 bits per heavy atom. The summed E-state index contributed by atoms with van der Waals surface area (Å²) in [5.41, 5.74) is 5.23. The highest BCUT2D eigenvalue weighted by Gasteiger charge is 2.29. The SMILES string of the molecule is Cl.NCC(=O)NCC1CCN(S(=O)(=O)c2ccccc2)CC1. The van der Waals surface area contributed by atoms with Crippen LogP contribution in [0.2, 0.25) is 0 Å². The summed E-state index contributed by atoms with van der Waals surface area (Å²) >= 11 is 0. The van der Waals surface area contributed by atoms with Crippen molar-refractivity contribution in [2.24, 2.45) is 11.7 Å². The van der Waals surface area contributed by atoms with Gasteiger partial charge in [0.25, 0.3) is 0 Å². The molecule has 0 unspecified atom stereocenters. The Kier molecular flexibility index (Phi) is 7.28. The van der Waals surface area contributed by atoms with Crippen molar-refractivity contribution in [2.75, 3.05) is 26.2 Å². The molecular formula is C14H22ClN3O3S. The molecule has 3 N–H and O–H groups in total. The second-order valence-electron chi connectivity index (χ2n) is 5.17. The number of hydrogen-bond acceptors (Lipinski definition) is 4. The zero-order chi connectivity index (χ0) is 15.3. The van der Waals surface area contributed by atoms with Crippen molar-refractivity contribution < 1.29 is 13.2 Å². The number of carbonyl (C=O) groups is 1. The van der Waals surface area contributed by atoms with Crippen molar-refractivity contribution in [2.45, 2.75) is 17.7 Å². The van der Waals surface area contributed by atoms with Gasteiger partial charge in [0.15, 0.2) is 0 Å². The maximum atomic E-state index is 12.4. The molecule has 2 rings (SSSR count). The van der Waals surface area contributed by atoms with Crippen molar-refractivity contribution in [3.8, 4) is 0 Å². The first kappa shape index (κ1) is 18.9. The number of hydrogen-bond donors (Lipinski definition) is 2. The van der Waals surface area contributed by atoms with Gasteiger partial charge in [0.1, 0.15) is 0 Å². The fourth-order valence-corrected chi connectivity index (χ4v) is 3.92. The van der Waals surface area contributed by atoms with Crippen LogP contribution in [0.5, 0.6) is 0 Å². The highest BCUT2D eigenvalue weighted by atomic mass is 35.5. The standard InChI is InChI=1S/C14H21N3O3S.ClH/c15-10-14(18)16-11-12-6-8-17(9-7-12)21(19,20)13-4-2-1-3-5-13;/h1-5,12H,6-11,15H2,(H,16,18);1H. The molecule has 6 nitrogen and oxygen atoms in total. The topological polar surface area (TPSA) is 92.5 Å². The zero-order valence-electron chi connectivity index (χ0n) is 12.3. The molecule has 124 valence electrons. The molecular weight excluding hydrogens is 326 g/mol. The average molecular weight is 348 g/mol. The predicted molar refractivity (Wildman–Crippen MR) is 87.2 cm³/mol. The van der Waals surface area contributed by atoms with Crippen LogP contribution in [0.1, 0.15) is 12.8 Å². The second-order valence-corrected chi connectivity index (χ2v) is 7.11. The Labute approximate surface area is 137 Å². The first-order chi connectivity index (χ1) is 10.0. The van der Waals surface area contributed by atoms with Crippen molar-refractivity contribution in [3.63, 3.8) is 0 Å². The molecule has 22 heavy (non-hydrogen) atoms. The summed E-state index contributed by atoms with van der Waals surface area (Å²) in [6.45, 7) is 1.53. The van der Waals surface area contributed by atoms with E-state index in [0.29, 0.717) is 30.4 Å². The van der Waals surface area contributed by atoms with E-state index >= 15 is 0 Å². The lowest BCUT2D eigenvalue weighted by Crippen LogP contribution is -2.42. The number of rotatable bonds is 5. The van der Waals surface area contributed by atoms with Gasteiger partial charge in [0.05, 0.1) is 11.4 Å².